The lowest BCUT2D eigenvalue weighted by Crippen LogP contribution is -2.38. The van der Waals surface area contributed by atoms with Crippen molar-refractivity contribution < 1.29 is 5.11 Å². The van der Waals surface area contributed by atoms with E-state index in [4.69, 9.17) is 5.11 Å². The number of hydrogen-bond donors (Lipinski definition) is 1. The lowest BCUT2D eigenvalue weighted by atomic mass is 9.88. The van der Waals surface area contributed by atoms with Gasteiger partial charge in [0.2, 0.25) is 0 Å². The Balaban J connectivity index is 2.13. The fourth-order valence-corrected chi connectivity index (χ4v) is 2.67. The van der Waals surface area contributed by atoms with E-state index in [1.807, 2.05) is 0 Å². The summed E-state index contributed by atoms with van der Waals surface area (Å²) in [5.41, 5.74) is 3.04. The number of para-hydroxylation sites is 1. The highest BCUT2D eigenvalue weighted by atomic mass is 16.3. The van der Waals surface area contributed by atoms with Crippen LogP contribution in [0.5, 0.6) is 0 Å². The summed E-state index contributed by atoms with van der Waals surface area (Å²) in [5, 5.41) is 9.11. The Labute approximate surface area is 104 Å². The van der Waals surface area contributed by atoms with Crippen molar-refractivity contribution in [2.75, 3.05) is 24.6 Å². The van der Waals surface area contributed by atoms with Crippen LogP contribution in [-0.4, -0.2) is 24.8 Å². The molecule has 0 amide bonds. The molecule has 17 heavy (non-hydrogen) atoms. The molecule has 1 heterocycles. The van der Waals surface area contributed by atoms with E-state index in [9.17, 15) is 0 Å². The summed E-state index contributed by atoms with van der Waals surface area (Å²) in [4.78, 5) is 2.48. The minimum absolute atomic E-state index is 0.180. The van der Waals surface area contributed by atoms with E-state index in [1.165, 1.54) is 24.1 Å². The molecule has 0 saturated heterocycles. The van der Waals surface area contributed by atoms with Gasteiger partial charge in [-0.2, -0.15) is 0 Å². The molecule has 0 fully saturated rings. The average Bonchev–Trinajstić information content (AvgIpc) is 2.29. The quantitative estimate of drug-likeness (QED) is 0.864. The zero-order valence-electron chi connectivity index (χ0n) is 10.9. The minimum Gasteiger partial charge on any atom is -0.396 e. The van der Waals surface area contributed by atoms with Crippen molar-refractivity contribution in [3.05, 3.63) is 29.8 Å². The van der Waals surface area contributed by atoms with E-state index in [0.717, 1.165) is 19.5 Å². The summed E-state index contributed by atoms with van der Waals surface area (Å²) in [7, 11) is 0. The molecule has 0 atom stereocenters. The van der Waals surface area contributed by atoms with E-state index < -0.39 is 0 Å². The molecule has 0 saturated carbocycles. The Hall–Kier alpha value is -1.02. The zero-order chi connectivity index (χ0) is 12.3. The Morgan fingerprint density at radius 3 is 2.82 bits per heavy atom. The second-order valence-corrected chi connectivity index (χ2v) is 5.79. The van der Waals surface area contributed by atoms with E-state index in [0.29, 0.717) is 0 Å². The smallest absolute Gasteiger partial charge is 0.0436 e. The maximum Gasteiger partial charge on any atom is 0.0436 e. The molecule has 0 aliphatic carbocycles. The molecule has 0 spiro atoms. The highest BCUT2D eigenvalue weighted by Gasteiger charge is 2.24. The van der Waals surface area contributed by atoms with Gasteiger partial charge in [0, 0.05) is 25.4 Å². The second kappa shape index (κ2) is 5.09. The van der Waals surface area contributed by atoms with Gasteiger partial charge in [0.25, 0.3) is 0 Å². The third-order valence-electron chi connectivity index (χ3n) is 3.61. The van der Waals surface area contributed by atoms with Gasteiger partial charge in [0.15, 0.2) is 0 Å². The van der Waals surface area contributed by atoms with Gasteiger partial charge in [-0.25, -0.2) is 0 Å². The largest absolute Gasteiger partial charge is 0.396 e. The first-order valence-electron chi connectivity index (χ1n) is 6.56. The fraction of sp³-hybridized carbons (Fsp3) is 0.600. The van der Waals surface area contributed by atoms with Crippen LogP contribution in [0.4, 0.5) is 5.69 Å². The molecule has 1 N–H and O–H groups in total. The molecule has 1 aromatic rings. The second-order valence-electron chi connectivity index (χ2n) is 5.79. The Bertz CT molecular complexity index is 373. The summed E-state index contributed by atoms with van der Waals surface area (Å²) in [6.07, 6.45) is 3.31. The molecule has 94 valence electrons. The van der Waals surface area contributed by atoms with Crippen molar-refractivity contribution in [3.8, 4) is 0 Å². The minimum atomic E-state index is 0.180. The molecule has 0 unspecified atom stereocenters. The van der Waals surface area contributed by atoms with Gasteiger partial charge in [0.1, 0.15) is 0 Å². The van der Waals surface area contributed by atoms with Crippen LogP contribution in [0, 0.1) is 5.41 Å². The number of benzene rings is 1. The van der Waals surface area contributed by atoms with E-state index >= 15 is 0 Å². The maximum absolute atomic E-state index is 9.11. The van der Waals surface area contributed by atoms with Gasteiger partial charge in [0.05, 0.1) is 0 Å². The van der Waals surface area contributed by atoms with Gasteiger partial charge >= 0.3 is 0 Å². The van der Waals surface area contributed by atoms with Crippen molar-refractivity contribution in [2.45, 2.75) is 33.1 Å². The average molecular weight is 233 g/mol. The third kappa shape index (κ3) is 3.01. The van der Waals surface area contributed by atoms with Crippen LogP contribution in [0.1, 0.15) is 32.3 Å². The molecule has 2 rings (SSSR count). The SMILES string of the molecule is CC(C)(CCO)CN1CCCc2ccccc21. The number of anilines is 1. The van der Waals surface area contributed by atoms with Gasteiger partial charge < -0.3 is 10.0 Å². The molecular formula is C15H23NO. The standard InChI is InChI=1S/C15H23NO/c1-15(2,9-11-17)12-16-10-5-7-13-6-3-4-8-14(13)16/h3-4,6,8,17H,5,7,9-12H2,1-2H3. The van der Waals surface area contributed by atoms with Crippen molar-refractivity contribution >= 4 is 5.69 Å². The fourth-order valence-electron chi connectivity index (χ4n) is 2.67. The van der Waals surface area contributed by atoms with Crippen molar-refractivity contribution in [2.24, 2.45) is 5.41 Å². The van der Waals surface area contributed by atoms with Gasteiger partial charge in [-0.1, -0.05) is 32.0 Å². The monoisotopic (exact) mass is 233 g/mol. The predicted octanol–water partition coefficient (Wildman–Crippen LogP) is 2.85. The molecule has 0 radical (unpaired) electrons. The number of aliphatic hydroxyl groups is 1. The van der Waals surface area contributed by atoms with Crippen molar-refractivity contribution in [1.82, 2.24) is 0 Å². The zero-order valence-corrected chi connectivity index (χ0v) is 10.9. The van der Waals surface area contributed by atoms with Crippen molar-refractivity contribution in [1.29, 1.82) is 0 Å². The molecule has 1 aromatic carbocycles. The number of nitrogens with zero attached hydrogens (tertiary/aromatic N) is 1. The van der Waals surface area contributed by atoms with Crippen LogP contribution >= 0.6 is 0 Å². The normalized spacial score (nSPS) is 15.8. The summed E-state index contributed by atoms with van der Waals surface area (Å²) >= 11 is 0. The molecule has 2 nitrogen and oxygen atoms in total. The number of hydrogen-bond acceptors (Lipinski definition) is 2. The topological polar surface area (TPSA) is 23.5 Å². The Morgan fingerprint density at radius 1 is 1.29 bits per heavy atom. The summed E-state index contributed by atoms with van der Waals surface area (Å²) in [6, 6.07) is 8.71. The van der Waals surface area contributed by atoms with Crippen molar-refractivity contribution in [3.63, 3.8) is 0 Å². The lowest BCUT2D eigenvalue weighted by Gasteiger charge is -2.37. The van der Waals surface area contributed by atoms with E-state index in [2.05, 4.69) is 43.0 Å². The number of rotatable bonds is 4. The molecular weight excluding hydrogens is 210 g/mol. The Morgan fingerprint density at radius 2 is 2.06 bits per heavy atom. The van der Waals surface area contributed by atoms with Gasteiger partial charge in [-0.15, -0.1) is 0 Å². The Kier molecular flexibility index (Phi) is 3.72. The van der Waals surface area contributed by atoms with Crippen LogP contribution in [-0.2, 0) is 6.42 Å². The van der Waals surface area contributed by atoms with E-state index in [1.54, 1.807) is 0 Å². The first kappa shape index (κ1) is 12.4. The maximum atomic E-state index is 9.11. The number of aliphatic hydroxyl groups excluding tert-OH is 1. The third-order valence-corrected chi connectivity index (χ3v) is 3.61. The molecule has 1 aliphatic heterocycles. The number of fused-ring (bicyclic) bond motifs is 1. The summed E-state index contributed by atoms with van der Waals surface area (Å²) in [6.45, 7) is 6.93. The van der Waals surface area contributed by atoms with Crippen LogP contribution < -0.4 is 4.90 Å². The molecule has 2 heteroatoms. The first-order chi connectivity index (χ1) is 8.12. The first-order valence-corrected chi connectivity index (χ1v) is 6.56. The van der Waals surface area contributed by atoms with Crippen LogP contribution in [0.2, 0.25) is 0 Å². The summed E-state index contributed by atoms with van der Waals surface area (Å²) < 4.78 is 0. The van der Waals surface area contributed by atoms with Crippen LogP contribution in [0.25, 0.3) is 0 Å². The highest BCUT2D eigenvalue weighted by Crippen LogP contribution is 2.31. The molecule has 0 bridgehead atoms. The van der Waals surface area contributed by atoms with Gasteiger partial charge in [-0.05, 0) is 36.3 Å². The lowest BCUT2D eigenvalue weighted by molar-refractivity contribution is 0.213. The highest BCUT2D eigenvalue weighted by molar-refractivity contribution is 5.55. The summed E-state index contributed by atoms with van der Waals surface area (Å²) in [5.74, 6) is 0. The number of aryl methyl sites for hydroxylation is 1. The van der Waals surface area contributed by atoms with Crippen LogP contribution in [0.15, 0.2) is 24.3 Å². The van der Waals surface area contributed by atoms with Crippen LogP contribution in [0.3, 0.4) is 0 Å². The predicted molar refractivity (Wildman–Crippen MR) is 72.5 cm³/mol. The van der Waals surface area contributed by atoms with E-state index in [-0.39, 0.29) is 12.0 Å². The molecule has 1 aliphatic rings. The molecule has 0 aromatic heterocycles. The van der Waals surface area contributed by atoms with Gasteiger partial charge in [-0.3, -0.25) is 0 Å².